The number of nitro benzene ring substituents is 1. The molecule has 2 N–H and O–H groups in total. The molecule has 2 aromatic carbocycles. The maximum atomic E-state index is 12.9. The average molecular weight is 444 g/mol. The molecule has 3 atom stereocenters. The van der Waals surface area contributed by atoms with Gasteiger partial charge in [0.15, 0.2) is 6.10 Å². The van der Waals surface area contributed by atoms with Crippen LogP contribution >= 0.6 is 0 Å². The molecule has 2 rings (SSSR count). The molecule has 0 heterocycles. The fourth-order valence-electron chi connectivity index (χ4n) is 3.26. The first-order valence-corrected chi connectivity index (χ1v) is 9.79. The first kappa shape index (κ1) is 24.5. The van der Waals surface area contributed by atoms with E-state index in [0.29, 0.717) is 11.1 Å². The van der Waals surface area contributed by atoms with Gasteiger partial charge in [0.05, 0.1) is 18.0 Å². The Morgan fingerprint density at radius 2 is 1.69 bits per heavy atom. The zero-order valence-corrected chi connectivity index (χ0v) is 17.6. The fourth-order valence-corrected chi connectivity index (χ4v) is 3.26. The minimum absolute atomic E-state index is 0.0929. The number of nitrogens with zero attached hydrogens (tertiary/aromatic N) is 1. The summed E-state index contributed by atoms with van der Waals surface area (Å²) in [5.41, 5.74) is 0.655. The highest BCUT2D eigenvalue weighted by molar-refractivity contribution is 5.88. The van der Waals surface area contributed by atoms with Crippen LogP contribution < -0.4 is 5.32 Å². The molecule has 2 aromatic rings. The molecule has 1 amide bonds. The molecular weight excluding hydrogens is 420 g/mol. The van der Waals surface area contributed by atoms with Crippen molar-refractivity contribution in [2.75, 3.05) is 13.7 Å². The fraction of sp³-hybridized carbons (Fsp3) is 0.318. The van der Waals surface area contributed by atoms with Crippen molar-refractivity contribution in [2.45, 2.75) is 31.4 Å². The van der Waals surface area contributed by atoms with Crippen LogP contribution in [0, 0.1) is 10.1 Å². The Morgan fingerprint density at radius 3 is 2.19 bits per heavy atom. The van der Waals surface area contributed by atoms with Crippen LogP contribution in [0.5, 0.6) is 0 Å². The molecule has 0 aromatic heterocycles. The van der Waals surface area contributed by atoms with E-state index < -0.39 is 40.8 Å². The lowest BCUT2D eigenvalue weighted by atomic mass is 9.88. The summed E-state index contributed by atoms with van der Waals surface area (Å²) in [4.78, 5) is 47.5. The van der Waals surface area contributed by atoms with Crippen LogP contribution in [0.1, 0.15) is 36.5 Å². The van der Waals surface area contributed by atoms with Crippen molar-refractivity contribution in [1.82, 2.24) is 5.32 Å². The smallest absolute Gasteiger partial charge is 0.326 e. The third-order valence-electron chi connectivity index (χ3n) is 4.77. The summed E-state index contributed by atoms with van der Waals surface area (Å²) in [5.74, 6) is -3.79. The maximum Gasteiger partial charge on any atom is 0.326 e. The highest BCUT2D eigenvalue weighted by Gasteiger charge is 2.35. The lowest BCUT2D eigenvalue weighted by Crippen LogP contribution is -2.47. The average Bonchev–Trinajstić information content (AvgIpc) is 2.77. The molecule has 32 heavy (non-hydrogen) atoms. The maximum absolute atomic E-state index is 12.9. The normalized spacial score (nSPS) is 13.4. The predicted molar refractivity (Wildman–Crippen MR) is 113 cm³/mol. The van der Waals surface area contributed by atoms with Crippen molar-refractivity contribution >= 4 is 23.5 Å². The van der Waals surface area contributed by atoms with Gasteiger partial charge < -0.3 is 19.9 Å². The summed E-state index contributed by atoms with van der Waals surface area (Å²) < 4.78 is 10.2. The Morgan fingerprint density at radius 1 is 1.06 bits per heavy atom. The van der Waals surface area contributed by atoms with Crippen molar-refractivity contribution < 1.29 is 33.9 Å². The van der Waals surface area contributed by atoms with E-state index >= 15 is 0 Å². The number of carbonyl (C=O) groups is 3. The number of hydrogen-bond donors (Lipinski definition) is 2. The van der Waals surface area contributed by atoms with Crippen LogP contribution in [0.4, 0.5) is 5.69 Å². The number of hydrogen-bond acceptors (Lipinski definition) is 7. The van der Waals surface area contributed by atoms with Gasteiger partial charge in [0.2, 0.25) is 0 Å². The number of methoxy groups -OCH3 is 1. The minimum atomic E-state index is -1.52. The van der Waals surface area contributed by atoms with E-state index in [4.69, 9.17) is 9.47 Å². The van der Waals surface area contributed by atoms with Gasteiger partial charge >= 0.3 is 11.9 Å². The van der Waals surface area contributed by atoms with Crippen molar-refractivity contribution in [1.29, 1.82) is 0 Å². The molecule has 10 heteroatoms. The summed E-state index contributed by atoms with van der Waals surface area (Å²) in [7, 11) is 1.32. The minimum Gasteiger partial charge on any atom is -0.480 e. The zero-order valence-electron chi connectivity index (χ0n) is 17.6. The largest absolute Gasteiger partial charge is 0.480 e. The molecule has 0 aliphatic carbocycles. The molecule has 170 valence electrons. The SMILES string of the molecule is CCOC(=O)C[C@@H](c1ccc([N+](=O)[O-])cc1)[C@H](NC(=O)[C@H](OC)c1ccccc1)C(=O)O. The molecule has 0 fully saturated rings. The number of aliphatic carboxylic acids is 1. The summed E-state index contributed by atoms with van der Waals surface area (Å²) in [6.45, 7) is 1.70. The number of carboxylic acids is 1. The number of non-ortho nitro benzene ring substituents is 1. The predicted octanol–water partition coefficient (Wildman–Crippen LogP) is 2.59. The van der Waals surface area contributed by atoms with E-state index in [1.165, 1.54) is 31.4 Å². The van der Waals surface area contributed by atoms with Gasteiger partial charge in [-0.3, -0.25) is 19.7 Å². The number of esters is 1. The van der Waals surface area contributed by atoms with Crippen LogP contribution in [0.2, 0.25) is 0 Å². The third-order valence-corrected chi connectivity index (χ3v) is 4.77. The summed E-state index contributed by atoms with van der Waals surface area (Å²) in [6.07, 6.45) is -1.43. The van der Waals surface area contributed by atoms with E-state index in [-0.39, 0.29) is 18.7 Å². The molecule has 0 unspecified atom stereocenters. The van der Waals surface area contributed by atoms with Gasteiger partial charge in [-0.15, -0.1) is 0 Å². The summed E-state index contributed by atoms with van der Waals surface area (Å²) >= 11 is 0. The van der Waals surface area contributed by atoms with Crippen molar-refractivity contribution in [3.05, 3.63) is 75.8 Å². The van der Waals surface area contributed by atoms with Gasteiger partial charge in [0, 0.05) is 25.2 Å². The Hall–Kier alpha value is -3.79. The lowest BCUT2D eigenvalue weighted by Gasteiger charge is -2.26. The molecule has 0 radical (unpaired) electrons. The number of nitrogens with one attached hydrogen (secondary N) is 1. The molecule has 0 aliphatic rings. The molecular formula is C22H24N2O8. The quantitative estimate of drug-likeness (QED) is 0.306. The molecule has 0 saturated heterocycles. The van der Waals surface area contributed by atoms with E-state index in [2.05, 4.69) is 5.32 Å². The third kappa shape index (κ3) is 6.35. The molecule has 0 aliphatic heterocycles. The van der Waals surface area contributed by atoms with Gasteiger partial charge in [-0.1, -0.05) is 42.5 Å². The molecule has 0 spiro atoms. The number of rotatable bonds is 11. The van der Waals surface area contributed by atoms with Crippen LogP contribution in [0.15, 0.2) is 54.6 Å². The van der Waals surface area contributed by atoms with Gasteiger partial charge in [-0.25, -0.2) is 4.79 Å². The van der Waals surface area contributed by atoms with Crippen LogP contribution in [0.25, 0.3) is 0 Å². The van der Waals surface area contributed by atoms with Crippen molar-refractivity contribution in [2.24, 2.45) is 0 Å². The van der Waals surface area contributed by atoms with Gasteiger partial charge in [0.25, 0.3) is 11.6 Å². The Labute approximate surface area is 184 Å². The topological polar surface area (TPSA) is 145 Å². The van der Waals surface area contributed by atoms with E-state index in [1.807, 2.05) is 0 Å². The molecule has 0 bridgehead atoms. The number of nitro groups is 1. The van der Waals surface area contributed by atoms with Crippen molar-refractivity contribution in [3.8, 4) is 0 Å². The van der Waals surface area contributed by atoms with Gasteiger partial charge in [-0.2, -0.15) is 0 Å². The van der Waals surface area contributed by atoms with Gasteiger partial charge in [0.1, 0.15) is 6.04 Å². The van der Waals surface area contributed by atoms with Crippen LogP contribution in [-0.2, 0) is 23.9 Å². The van der Waals surface area contributed by atoms with E-state index in [9.17, 15) is 29.6 Å². The standard InChI is InChI=1S/C22H24N2O8/c1-3-32-18(25)13-17(14-9-11-16(12-10-14)24(29)30)19(22(27)28)23-21(26)20(31-2)15-7-5-4-6-8-15/h4-12,17,19-20H,3,13H2,1-2H3,(H,23,26)(H,27,28)/t17-,19-,20+/m0/s1. The highest BCUT2D eigenvalue weighted by Crippen LogP contribution is 2.28. The Balaban J connectivity index is 2.37. The van der Waals surface area contributed by atoms with E-state index in [1.54, 1.807) is 37.3 Å². The van der Waals surface area contributed by atoms with E-state index in [0.717, 1.165) is 0 Å². The second-order valence-corrected chi connectivity index (χ2v) is 6.82. The zero-order chi connectivity index (χ0) is 23.7. The summed E-state index contributed by atoms with van der Waals surface area (Å²) in [6, 6.07) is 12.1. The van der Waals surface area contributed by atoms with Crippen LogP contribution in [-0.4, -0.2) is 47.6 Å². The highest BCUT2D eigenvalue weighted by atomic mass is 16.6. The molecule has 0 saturated carbocycles. The summed E-state index contributed by atoms with van der Waals surface area (Å²) in [5, 5.41) is 23.2. The lowest BCUT2D eigenvalue weighted by molar-refractivity contribution is -0.384. The second kappa shape index (κ2) is 11.6. The second-order valence-electron chi connectivity index (χ2n) is 6.82. The first-order valence-electron chi connectivity index (χ1n) is 9.79. The van der Waals surface area contributed by atoms with Crippen molar-refractivity contribution in [3.63, 3.8) is 0 Å². The Bertz CT molecular complexity index is 946. The number of benzene rings is 2. The number of ether oxygens (including phenoxy) is 2. The van der Waals surface area contributed by atoms with Crippen LogP contribution in [0.3, 0.4) is 0 Å². The number of carboxylic acid groups (broad SMARTS) is 1. The number of carbonyl (C=O) groups excluding carboxylic acids is 2. The van der Waals surface area contributed by atoms with Gasteiger partial charge in [-0.05, 0) is 18.1 Å². The Kier molecular flexibility index (Phi) is 8.84. The monoisotopic (exact) mass is 444 g/mol. The molecule has 10 nitrogen and oxygen atoms in total. The number of amides is 1. The first-order chi connectivity index (χ1) is 15.3.